The highest BCUT2D eigenvalue weighted by atomic mass is 19.1. The smallest absolute Gasteiger partial charge is 0.408 e. The summed E-state index contributed by atoms with van der Waals surface area (Å²) in [4.78, 5) is 21.8. The Morgan fingerprint density at radius 3 is 2.25 bits per heavy atom. The second-order valence-corrected chi connectivity index (χ2v) is 4.18. The Morgan fingerprint density at radius 2 is 1.94 bits per heavy atom. The van der Waals surface area contributed by atoms with Crippen molar-refractivity contribution in [1.29, 1.82) is 0 Å². The van der Waals surface area contributed by atoms with E-state index in [0.29, 0.717) is 0 Å². The number of carboxylic acid groups (broad SMARTS) is 1. The average Bonchev–Trinajstić information content (AvgIpc) is 2.09. The second kappa shape index (κ2) is 5.64. The molecule has 7 heteroatoms. The van der Waals surface area contributed by atoms with Crippen molar-refractivity contribution in [3.05, 3.63) is 0 Å². The number of carboxylic acids is 1. The van der Waals surface area contributed by atoms with Crippen molar-refractivity contribution in [1.82, 2.24) is 5.32 Å². The summed E-state index contributed by atoms with van der Waals surface area (Å²) < 4.78 is 16.8. The van der Waals surface area contributed by atoms with E-state index in [1.54, 1.807) is 20.8 Å². The molecular formula is C9H16FNO5. The van der Waals surface area contributed by atoms with Crippen LogP contribution in [0.3, 0.4) is 0 Å². The van der Waals surface area contributed by atoms with Gasteiger partial charge in [-0.2, -0.15) is 0 Å². The molecule has 16 heavy (non-hydrogen) atoms. The molecule has 0 saturated carbocycles. The standard InChI is InChI=1S/C9H16FNO5/c1-9(2,3)16-8(15)11-6(7(13)14)5(12)4-10/h5-6,12H,4H2,1-3H3,(H,11,15)(H,13,14)/t5-,6+/m1/s1. The minimum atomic E-state index is -1.80. The SMILES string of the molecule is CC(C)(C)OC(=O)N[C@H](C(=O)O)[C@H](O)CF. The number of amides is 1. The number of hydrogen-bond donors (Lipinski definition) is 3. The molecule has 6 nitrogen and oxygen atoms in total. The topological polar surface area (TPSA) is 95.9 Å². The van der Waals surface area contributed by atoms with Crippen molar-refractivity contribution in [3.63, 3.8) is 0 Å². The number of alkyl carbamates (subject to hydrolysis) is 1. The Balaban J connectivity index is 4.42. The van der Waals surface area contributed by atoms with Crippen LogP contribution in [0.25, 0.3) is 0 Å². The summed E-state index contributed by atoms with van der Waals surface area (Å²) >= 11 is 0. The van der Waals surface area contributed by atoms with Gasteiger partial charge in [0.05, 0.1) is 0 Å². The van der Waals surface area contributed by atoms with E-state index in [4.69, 9.17) is 14.9 Å². The Hall–Kier alpha value is -1.37. The van der Waals surface area contributed by atoms with Gasteiger partial charge >= 0.3 is 12.1 Å². The van der Waals surface area contributed by atoms with Gasteiger partial charge < -0.3 is 20.3 Å². The maximum atomic E-state index is 12.1. The molecule has 0 saturated heterocycles. The number of aliphatic hydroxyl groups excluding tert-OH is 1. The fraction of sp³-hybridized carbons (Fsp3) is 0.778. The van der Waals surface area contributed by atoms with E-state index < -0.39 is 36.5 Å². The lowest BCUT2D eigenvalue weighted by Gasteiger charge is -2.23. The third-order valence-corrected chi connectivity index (χ3v) is 1.48. The van der Waals surface area contributed by atoms with E-state index in [0.717, 1.165) is 0 Å². The second-order valence-electron chi connectivity index (χ2n) is 4.18. The van der Waals surface area contributed by atoms with Gasteiger partial charge in [-0.1, -0.05) is 0 Å². The van der Waals surface area contributed by atoms with Gasteiger partial charge in [0.1, 0.15) is 18.4 Å². The van der Waals surface area contributed by atoms with Crippen LogP contribution in [0.5, 0.6) is 0 Å². The van der Waals surface area contributed by atoms with Crippen LogP contribution in [0.15, 0.2) is 0 Å². The highest BCUT2D eigenvalue weighted by Crippen LogP contribution is 2.07. The minimum absolute atomic E-state index is 0.798. The van der Waals surface area contributed by atoms with Crippen molar-refractivity contribution in [3.8, 4) is 0 Å². The molecule has 0 radical (unpaired) electrons. The van der Waals surface area contributed by atoms with Crippen LogP contribution in [-0.2, 0) is 9.53 Å². The molecule has 0 unspecified atom stereocenters. The van der Waals surface area contributed by atoms with E-state index in [1.165, 1.54) is 0 Å². The Morgan fingerprint density at radius 1 is 1.44 bits per heavy atom. The van der Waals surface area contributed by atoms with Crippen LogP contribution in [-0.4, -0.2) is 46.7 Å². The van der Waals surface area contributed by atoms with Crippen LogP contribution in [0.1, 0.15) is 20.8 Å². The molecule has 0 aromatic rings. The summed E-state index contributed by atoms with van der Waals surface area (Å²) in [7, 11) is 0. The van der Waals surface area contributed by atoms with Crippen LogP contribution < -0.4 is 5.32 Å². The van der Waals surface area contributed by atoms with Crippen LogP contribution in [0.2, 0.25) is 0 Å². The molecule has 2 atom stereocenters. The number of hydrogen-bond acceptors (Lipinski definition) is 4. The summed E-state index contributed by atoms with van der Waals surface area (Å²) in [5, 5.41) is 19.5. The molecule has 0 bridgehead atoms. The van der Waals surface area contributed by atoms with Gasteiger partial charge in [-0.05, 0) is 20.8 Å². The summed E-state index contributed by atoms with van der Waals surface area (Å²) in [5.74, 6) is -1.53. The molecule has 3 N–H and O–H groups in total. The number of alkyl halides is 1. The molecule has 0 aromatic heterocycles. The number of nitrogens with one attached hydrogen (secondary N) is 1. The monoisotopic (exact) mass is 237 g/mol. The molecule has 0 rings (SSSR count). The van der Waals surface area contributed by atoms with Crippen molar-refractivity contribution < 1.29 is 28.9 Å². The fourth-order valence-corrected chi connectivity index (χ4v) is 0.846. The van der Waals surface area contributed by atoms with Crippen molar-refractivity contribution in [2.24, 2.45) is 0 Å². The summed E-state index contributed by atoms with van der Waals surface area (Å²) in [5.41, 5.74) is -0.798. The highest BCUT2D eigenvalue weighted by Gasteiger charge is 2.30. The lowest BCUT2D eigenvalue weighted by molar-refractivity contribution is -0.142. The summed E-state index contributed by atoms with van der Waals surface area (Å²) in [6, 6.07) is -1.72. The first kappa shape index (κ1) is 14.6. The summed E-state index contributed by atoms with van der Waals surface area (Å²) in [6.07, 6.45) is -2.82. The molecule has 0 heterocycles. The average molecular weight is 237 g/mol. The molecule has 94 valence electrons. The zero-order chi connectivity index (χ0) is 12.9. The molecule has 1 amide bonds. The van der Waals surface area contributed by atoms with E-state index >= 15 is 0 Å². The lowest BCUT2D eigenvalue weighted by atomic mass is 10.2. The minimum Gasteiger partial charge on any atom is -0.480 e. The predicted octanol–water partition coefficient (Wildman–Crippen LogP) is 0.295. The lowest BCUT2D eigenvalue weighted by Crippen LogP contribution is -2.50. The van der Waals surface area contributed by atoms with Gasteiger partial charge in [-0.15, -0.1) is 0 Å². The quantitative estimate of drug-likeness (QED) is 0.653. The third-order valence-electron chi connectivity index (χ3n) is 1.48. The first-order chi connectivity index (χ1) is 7.17. The van der Waals surface area contributed by atoms with Gasteiger partial charge in [0, 0.05) is 0 Å². The molecular weight excluding hydrogens is 221 g/mol. The van der Waals surface area contributed by atoms with E-state index in [-0.39, 0.29) is 0 Å². The molecule has 0 aliphatic rings. The zero-order valence-corrected chi connectivity index (χ0v) is 9.36. The Bertz CT molecular complexity index is 263. The normalized spacial score (nSPS) is 15.1. The number of aliphatic hydroxyl groups is 1. The number of ether oxygens (including phenoxy) is 1. The number of halogens is 1. The van der Waals surface area contributed by atoms with E-state index in [9.17, 15) is 14.0 Å². The van der Waals surface area contributed by atoms with Gasteiger partial charge in [0.25, 0.3) is 0 Å². The molecule has 0 spiro atoms. The first-order valence-corrected chi connectivity index (χ1v) is 4.63. The predicted molar refractivity (Wildman–Crippen MR) is 52.8 cm³/mol. The van der Waals surface area contributed by atoms with Gasteiger partial charge in [0.2, 0.25) is 0 Å². The van der Waals surface area contributed by atoms with Crippen molar-refractivity contribution in [2.45, 2.75) is 38.5 Å². The number of carbonyl (C=O) groups is 2. The Labute approximate surface area is 92.4 Å². The maximum Gasteiger partial charge on any atom is 0.408 e. The molecule has 0 aromatic carbocycles. The first-order valence-electron chi connectivity index (χ1n) is 4.63. The fourth-order valence-electron chi connectivity index (χ4n) is 0.846. The number of rotatable bonds is 4. The van der Waals surface area contributed by atoms with Crippen molar-refractivity contribution >= 4 is 12.1 Å². The highest BCUT2D eigenvalue weighted by molar-refractivity contribution is 5.80. The Kier molecular flexibility index (Phi) is 5.16. The summed E-state index contributed by atoms with van der Waals surface area (Å²) in [6.45, 7) is 3.50. The van der Waals surface area contributed by atoms with Crippen LogP contribution in [0, 0.1) is 0 Å². The molecule has 0 aliphatic heterocycles. The van der Waals surface area contributed by atoms with Crippen LogP contribution in [0.4, 0.5) is 9.18 Å². The third kappa shape index (κ3) is 5.50. The van der Waals surface area contributed by atoms with Crippen LogP contribution >= 0.6 is 0 Å². The van der Waals surface area contributed by atoms with Gasteiger partial charge in [0.15, 0.2) is 6.04 Å². The maximum absolute atomic E-state index is 12.1. The van der Waals surface area contributed by atoms with Crippen molar-refractivity contribution in [2.75, 3.05) is 6.67 Å². The number of aliphatic carboxylic acids is 1. The van der Waals surface area contributed by atoms with Gasteiger partial charge in [-0.3, -0.25) is 0 Å². The largest absolute Gasteiger partial charge is 0.480 e. The number of carbonyl (C=O) groups excluding carboxylic acids is 1. The van der Waals surface area contributed by atoms with E-state index in [1.807, 2.05) is 5.32 Å². The molecule has 0 fully saturated rings. The molecule has 0 aliphatic carbocycles. The zero-order valence-electron chi connectivity index (χ0n) is 9.36. The van der Waals surface area contributed by atoms with E-state index in [2.05, 4.69) is 0 Å². The van der Waals surface area contributed by atoms with Gasteiger partial charge in [-0.25, -0.2) is 14.0 Å².